The number of halogens is 3. The van der Waals surface area contributed by atoms with Crippen molar-refractivity contribution in [1.29, 1.82) is 0 Å². The van der Waals surface area contributed by atoms with E-state index in [1.54, 1.807) is 12.3 Å². The van der Waals surface area contributed by atoms with Crippen LogP contribution in [-0.4, -0.2) is 65.1 Å². The summed E-state index contributed by atoms with van der Waals surface area (Å²) in [4.78, 5) is 31.2. The van der Waals surface area contributed by atoms with E-state index in [2.05, 4.69) is 20.5 Å². The van der Waals surface area contributed by atoms with Gasteiger partial charge in [0.2, 0.25) is 11.8 Å². The number of carbonyl (C=O) groups excluding carboxylic acids is 2. The molecule has 2 aromatic rings. The Morgan fingerprint density at radius 3 is 2.61 bits per heavy atom. The third-order valence-corrected chi connectivity index (χ3v) is 7.31. The Morgan fingerprint density at radius 2 is 1.95 bits per heavy atom. The highest BCUT2D eigenvalue weighted by Gasteiger charge is 2.39. The molecule has 1 aliphatic heterocycles. The molecule has 2 aliphatic rings. The molecule has 1 aromatic heterocycles. The van der Waals surface area contributed by atoms with Gasteiger partial charge in [0.1, 0.15) is 0 Å². The molecule has 8 nitrogen and oxygen atoms in total. The van der Waals surface area contributed by atoms with E-state index in [1.165, 1.54) is 6.07 Å². The fourth-order valence-electron chi connectivity index (χ4n) is 5.24. The molecule has 3 N–H and O–H groups in total. The number of nitrogens with zero attached hydrogens (tertiary/aromatic N) is 2. The molecular formula is C27H33F3N4O4. The average molecular weight is 535 g/mol. The van der Waals surface area contributed by atoms with Crippen molar-refractivity contribution in [2.75, 3.05) is 26.2 Å². The lowest BCUT2D eigenvalue weighted by Crippen LogP contribution is -2.45. The van der Waals surface area contributed by atoms with Crippen LogP contribution in [0.1, 0.15) is 60.5 Å². The average Bonchev–Trinajstić information content (AvgIpc) is 3.36. The predicted molar refractivity (Wildman–Crippen MR) is 133 cm³/mol. The molecule has 38 heavy (non-hydrogen) atoms. The van der Waals surface area contributed by atoms with Gasteiger partial charge in [0.05, 0.1) is 24.3 Å². The van der Waals surface area contributed by atoms with Crippen LogP contribution in [0, 0.1) is 0 Å². The third kappa shape index (κ3) is 6.82. The number of likely N-dealkylation sites (tertiary alicyclic amines) is 1. The van der Waals surface area contributed by atoms with Crippen LogP contribution in [-0.2, 0) is 16.6 Å². The number of hydrogen-bond acceptors (Lipinski definition) is 6. The molecule has 1 saturated carbocycles. The number of pyridine rings is 1. The monoisotopic (exact) mass is 534 g/mol. The van der Waals surface area contributed by atoms with Gasteiger partial charge in [-0.25, -0.2) is 4.98 Å². The molecule has 1 saturated heterocycles. The van der Waals surface area contributed by atoms with Crippen LogP contribution in [0.15, 0.2) is 42.6 Å². The summed E-state index contributed by atoms with van der Waals surface area (Å²) in [6.45, 7) is 3.58. The zero-order valence-corrected chi connectivity index (χ0v) is 21.3. The van der Waals surface area contributed by atoms with Crippen molar-refractivity contribution in [3.63, 3.8) is 0 Å². The highest BCUT2D eigenvalue weighted by atomic mass is 19.4. The number of nitrogens with one attached hydrogen (secondary N) is 2. The number of carbonyl (C=O) groups is 2. The first kappa shape index (κ1) is 27.8. The molecule has 11 heteroatoms. The van der Waals surface area contributed by atoms with E-state index < -0.39 is 29.2 Å². The van der Waals surface area contributed by atoms with Crippen LogP contribution in [0.3, 0.4) is 0 Å². The summed E-state index contributed by atoms with van der Waals surface area (Å²) in [6, 6.07) is 7.95. The van der Waals surface area contributed by atoms with Crippen LogP contribution in [0.5, 0.6) is 5.88 Å². The lowest BCUT2D eigenvalue weighted by atomic mass is 9.78. The zero-order valence-electron chi connectivity index (χ0n) is 21.3. The smallest absolute Gasteiger partial charge is 0.416 e. The molecule has 2 heterocycles. The third-order valence-electron chi connectivity index (χ3n) is 7.31. The maximum Gasteiger partial charge on any atom is 0.416 e. The molecule has 0 bridgehead atoms. The summed E-state index contributed by atoms with van der Waals surface area (Å²) >= 11 is 0. The van der Waals surface area contributed by atoms with Crippen molar-refractivity contribution in [1.82, 2.24) is 20.5 Å². The minimum absolute atomic E-state index is 0.0796. The Kier molecular flexibility index (Phi) is 8.57. The molecule has 2 amide bonds. The highest BCUT2D eigenvalue weighted by molar-refractivity contribution is 5.96. The van der Waals surface area contributed by atoms with Crippen molar-refractivity contribution in [3.05, 3.63) is 59.3 Å². The fraction of sp³-hybridized carbons (Fsp3) is 0.519. The molecule has 206 valence electrons. The molecule has 2 fully saturated rings. The van der Waals surface area contributed by atoms with Gasteiger partial charge in [-0.1, -0.05) is 6.07 Å². The van der Waals surface area contributed by atoms with Gasteiger partial charge in [-0.05, 0) is 63.3 Å². The summed E-state index contributed by atoms with van der Waals surface area (Å²) < 4.78 is 44.0. The summed E-state index contributed by atoms with van der Waals surface area (Å²) in [6.07, 6.45) is 0.751. The minimum atomic E-state index is -4.55. The summed E-state index contributed by atoms with van der Waals surface area (Å²) in [5, 5.41) is 16.5. The van der Waals surface area contributed by atoms with E-state index in [4.69, 9.17) is 4.74 Å². The Morgan fingerprint density at radius 1 is 1.18 bits per heavy atom. The maximum absolute atomic E-state index is 12.9. The number of hydrogen-bond donors (Lipinski definition) is 3. The Bertz CT molecular complexity index is 1120. The van der Waals surface area contributed by atoms with Crippen LogP contribution >= 0.6 is 0 Å². The van der Waals surface area contributed by atoms with Crippen molar-refractivity contribution in [2.24, 2.45) is 0 Å². The predicted octanol–water partition coefficient (Wildman–Crippen LogP) is 3.25. The molecule has 0 unspecified atom stereocenters. The van der Waals surface area contributed by atoms with Gasteiger partial charge in [0.15, 0.2) is 0 Å². The Balaban J connectivity index is 1.21. The number of alkyl halides is 3. The number of amides is 2. The normalized spacial score (nSPS) is 24.1. The largest absolute Gasteiger partial charge is 0.478 e. The van der Waals surface area contributed by atoms with E-state index >= 15 is 0 Å². The zero-order chi connectivity index (χ0) is 27.3. The van der Waals surface area contributed by atoms with Gasteiger partial charge >= 0.3 is 6.18 Å². The highest BCUT2D eigenvalue weighted by Crippen LogP contribution is 2.39. The molecule has 0 spiro atoms. The first-order valence-corrected chi connectivity index (χ1v) is 12.9. The Labute approximate surface area is 219 Å². The van der Waals surface area contributed by atoms with Gasteiger partial charge in [-0.3, -0.25) is 14.5 Å². The van der Waals surface area contributed by atoms with Crippen LogP contribution in [0.25, 0.3) is 0 Å². The molecule has 1 atom stereocenters. The van der Waals surface area contributed by atoms with Crippen molar-refractivity contribution < 1.29 is 32.6 Å². The molecular weight excluding hydrogens is 501 g/mol. The van der Waals surface area contributed by atoms with Crippen LogP contribution in [0.2, 0.25) is 0 Å². The first-order valence-electron chi connectivity index (χ1n) is 12.9. The fourth-order valence-corrected chi connectivity index (χ4v) is 5.24. The second kappa shape index (κ2) is 11.7. The minimum Gasteiger partial charge on any atom is -0.478 e. The van der Waals surface area contributed by atoms with Gasteiger partial charge in [0, 0.05) is 48.6 Å². The van der Waals surface area contributed by atoms with Crippen molar-refractivity contribution in [2.45, 2.75) is 62.9 Å². The number of aromatic nitrogens is 1. The van der Waals surface area contributed by atoms with E-state index in [-0.39, 0.29) is 18.2 Å². The number of ether oxygens (including phenoxy) is 1. The number of aliphatic hydroxyl groups is 1. The second-order valence-electron chi connectivity index (χ2n) is 9.89. The van der Waals surface area contributed by atoms with E-state index in [0.717, 1.165) is 49.6 Å². The van der Waals surface area contributed by atoms with E-state index in [9.17, 15) is 27.9 Å². The van der Waals surface area contributed by atoms with Crippen molar-refractivity contribution >= 4 is 11.8 Å². The molecule has 4 rings (SSSR count). The SMILES string of the molecule is CCOc1ccc(C2(O)CCC(N3CC[C@@H](NC(=O)CNC(=O)c4cccc(C(F)(F)F)c4)C3)CC2)cn1. The van der Waals surface area contributed by atoms with Gasteiger partial charge in [-0.2, -0.15) is 13.2 Å². The van der Waals surface area contributed by atoms with Crippen LogP contribution in [0.4, 0.5) is 13.2 Å². The van der Waals surface area contributed by atoms with Crippen molar-refractivity contribution in [3.8, 4) is 5.88 Å². The quantitative estimate of drug-likeness (QED) is 0.481. The number of benzene rings is 1. The van der Waals surface area contributed by atoms with Gasteiger partial charge in [0.25, 0.3) is 5.91 Å². The molecule has 1 aliphatic carbocycles. The first-order chi connectivity index (χ1) is 18.1. The summed E-state index contributed by atoms with van der Waals surface area (Å²) in [5.41, 5.74) is -1.20. The number of rotatable bonds is 8. The maximum atomic E-state index is 12.9. The lowest BCUT2D eigenvalue weighted by Gasteiger charge is -2.39. The van der Waals surface area contributed by atoms with E-state index in [1.807, 2.05) is 13.0 Å². The molecule has 1 aromatic carbocycles. The van der Waals surface area contributed by atoms with Gasteiger partial charge in [-0.15, -0.1) is 0 Å². The summed E-state index contributed by atoms with van der Waals surface area (Å²) in [7, 11) is 0. The Hall–Kier alpha value is -3.18. The summed E-state index contributed by atoms with van der Waals surface area (Å²) in [5.74, 6) is -0.594. The second-order valence-corrected chi connectivity index (χ2v) is 9.89. The standard InChI is InChI=1S/C27H33F3N4O4/c1-2-38-24-7-6-20(15-31-24)26(37)11-8-22(9-12-26)34-13-10-21(17-34)33-23(35)16-32-25(36)18-4-3-5-19(14-18)27(28,29)30/h3-7,14-15,21-22,37H,2,8-13,16-17H2,1H3,(H,32,36)(H,33,35)/t21-,22?,26?/m1/s1. The molecule has 0 radical (unpaired) electrons. The van der Waals surface area contributed by atoms with E-state index in [0.29, 0.717) is 37.9 Å². The lowest BCUT2D eigenvalue weighted by molar-refractivity contribution is -0.137. The topological polar surface area (TPSA) is 104 Å². The van der Waals surface area contributed by atoms with Gasteiger partial charge < -0.3 is 20.5 Å². The van der Waals surface area contributed by atoms with Crippen LogP contribution < -0.4 is 15.4 Å².